The fraction of sp³-hybridized carbons (Fsp3) is 0.385. The third-order valence-corrected chi connectivity index (χ3v) is 2.35. The van der Waals surface area contributed by atoms with Gasteiger partial charge in [-0.15, -0.1) is 0 Å². The summed E-state index contributed by atoms with van der Waals surface area (Å²) in [7, 11) is 1.87. The lowest BCUT2D eigenvalue weighted by molar-refractivity contribution is 0.302. The van der Waals surface area contributed by atoms with Gasteiger partial charge in [0.15, 0.2) is 0 Å². The minimum atomic E-state index is -0.402. The summed E-state index contributed by atoms with van der Waals surface area (Å²) in [6, 6.07) is 8.35. The highest BCUT2D eigenvalue weighted by molar-refractivity contribution is 5.33. The van der Waals surface area contributed by atoms with Crippen LogP contribution in [0.15, 0.2) is 18.2 Å². The molecule has 88 valence electrons. The molecule has 0 aliphatic carbocycles. The topological polar surface area (TPSA) is 50.8 Å². The Labute approximate surface area is 101 Å². The van der Waals surface area contributed by atoms with Crippen molar-refractivity contribution in [1.82, 2.24) is 4.90 Å². The molecule has 0 aliphatic rings. The Hall–Kier alpha value is -1.91. The summed E-state index contributed by atoms with van der Waals surface area (Å²) in [6.07, 6.45) is 0. The summed E-state index contributed by atoms with van der Waals surface area (Å²) in [4.78, 5) is 1.93. The number of nitriles is 2. The Kier molecular flexibility index (Phi) is 4.63. The molecule has 1 rings (SSSR count). The Morgan fingerprint density at radius 3 is 2.65 bits per heavy atom. The SMILES string of the molecule is CC(C#N)CN(C)Cc1cc(F)cc(C#N)c1. The summed E-state index contributed by atoms with van der Waals surface area (Å²) in [5.74, 6) is -0.468. The fourth-order valence-electron chi connectivity index (χ4n) is 1.69. The van der Waals surface area contributed by atoms with Crippen molar-refractivity contribution in [1.29, 1.82) is 10.5 Å². The van der Waals surface area contributed by atoms with E-state index >= 15 is 0 Å². The zero-order valence-corrected chi connectivity index (χ0v) is 9.94. The van der Waals surface area contributed by atoms with E-state index in [9.17, 15) is 4.39 Å². The first-order valence-electron chi connectivity index (χ1n) is 5.33. The molecule has 0 spiro atoms. The molecule has 1 aromatic rings. The van der Waals surface area contributed by atoms with E-state index in [2.05, 4.69) is 6.07 Å². The zero-order valence-electron chi connectivity index (χ0n) is 9.94. The zero-order chi connectivity index (χ0) is 12.8. The molecule has 1 unspecified atom stereocenters. The molecule has 17 heavy (non-hydrogen) atoms. The van der Waals surface area contributed by atoms with Gasteiger partial charge in [0, 0.05) is 13.1 Å². The lowest BCUT2D eigenvalue weighted by Crippen LogP contribution is -2.23. The molecule has 0 saturated carbocycles. The van der Waals surface area contributed by atoms with Crippen molar-refractivity contribution in [3.63, 3.8) is 0 Å². The minimum Gasteiger partial charge on any atom is -0.301 e. The molecule has 0 N–H and O–H groups in total. The Morgan fingerprint density at radius 1 is 1.35 bits per heavy atom. The van der Waals surface area contributed by atoms with Crippen LogP contribution >= 0.6 is 0 Å². The maximum atomic E-state index is 13.2. The van der Waals surface area contributed by atoms with Gasteiger partial charge in [-0.2, -0.15) is 10.5 Å². The van der Waals surface area contributed by atoms with E-state index in [1.54, 1.807) is 6.07 Å². The highest BCUT2D eigenvalue weighted by Crippen LogP contribution is 2.11. The monoisotopic (exact) mass is 231 g/mol. The highest BCUT2D eigenvalue weighted by atomic mass is 19.1. The number of hydrogen-bond acceptors (Lipinski definition) is 3. The van der Waals surface area contributed by atoms with Crippen LogP contribution in [0.2, 0.25) is 0 Å². The van der Waals surface area contributed by atoms with Gasteiger partial charge in [0.25, 0.3) is 0 Å². The highest BCUT2D eigenvalue weighted by Gasteiger charge is 2.07. The number of benzene rings is 1. The van der Waals surface area contributed by atoms with E-state index < -0.39 is 5.82 Å². The van der Waals surface area contributed by atoms with Crippen molar-refractivity contribution in [2.24, 2.45) is 5.92 Å². The Balaban J connectivity index is 2.72. The first-order valence-corrected chi connectivity index (χ1v) is 5.33. The van der Waals surface area contributed by atoms with Crippen molar-refractivity contribution in [3.05, 3.63) is 35.1 Å². The number of nitrogens with zero attached hydrogens (tertiary/aromatic N) is 3. The summed E-state index contributed by atoms with van der Waals surface area (Å²) in [6.45, 7) is 2.98. The van der Waals surface area contributed by atoms with E-state index in [0.29, 0.717) is 18.7 Å². The average molecular weight is 231 g/mol. The van der Waals surface area contributed by atoms with Gasteiger partial charge < -0.3 is 4.90 Å². The molecule has 0 bridgehead atoms. The fourth-order valence-corrected chi connectivity index (χ4v) is 1.69. The standard InChI is InChI=1S/C13H14FN3/c1-10(6-15)8-17(2)9-12-3-11(7-16)4-13(14)5-12/h3-5,10H,8-9H2,1-2H3. The van der Waals surface area contributed by atoms with Crippen molar-refractivity contribution in [3.8, 4) is 12.1 Å². The van der Waals surface area contributed by atoms with Crippen molar-refractivity contribution in [2.45, 2.75) is 13.5 Å². The Bertz CT molecular complexity index is 471. The molecule has 0 radical (unpaired) electrons. The quantitative estimate of drug-likeness (QED) is 0.798. The lowest BCUT2D eigenvalue weighted by Gasteiger charge is -2.17. The van der Waals surface area contributed by atoms with Crippen molar-refractivity contribution < 1.29 is 4.39 Å². The van der Waals surface area contributed by atoms with Gasteiger partial charge in [0.2, 0.25) is 0 Å². The van der Waals surface area contributed by atoms with Crippen LogP contribution in [-0.2, 0) is 6.54 Å². The van der Waals surface area contributed by atoms with Gasteiger partial charge in [-0.25, -0.2) is 4.39 Å². The van der Waals surface area contributed by atoms with Crippen LogP contribution in [0.1, 0.15) is 18.1 Å². The number of hydrogen-bond donors (Lipinski definition) is 0. The van der Waals surface area contributed by atoms with Gasteiger partial charge in [0.05, 0.1) is 23.6 Å². The smallest absolute Gasteiger partial charge is 0.124 e. The summed E-state index contributed by atoms with van der Waals surface area (Å²) < 4.78 is 13.2. The van der Waals surface area contributed by atoms with Gasteiger partial charge in [-0.1, -0.05) is 0 Å². The maximum Gasteiger partial charge on any atom is 0.124 e. The van der Waals surface area contributed by atoms with Crippen LogP contribution in [0, 0.1) is 34.4 Å². The predicted octanol–water partition coefficient (Wildman–Crippen LogP) is 2.29. The normalized spacial score (nSPS) is 11.9. The van der Waals surface area contributed by atoms with Gasteiger partial charge in [-0.05, 0) is 37.7 Å². The van der Waals surface area contributed by atoms with Crippen LogP contribution in [0.3, 0.4) is 0 Å². The second kappa shape index (κ2) is 5.98. The van der Waals surface area contributed by atoms with Crippen molar-refractivity contribution in [2.75, 3.05) is 13.6 Å². The number of halogens is 1. The maximum absolute atomic E-state index is 13.2. The molecule has 0 aromatic heterocycles. The van der Waals surface area contributed by atoms with Crippen LogP contribution in [0.25, 0.3) is 0 Å². The summed E-state index contributed by atoms with van der Waals surface area (Å²) in [5, 5.41) is 17.4. The van der Waals surface area contributed by atoms with Crippen LogP contribution in [0.4, 0.5) is 4.39 Å². The predicted molar refractivity (Wildman–Crippen MR) is 62.2 cm³/mol. The van der Waals surface area contributed by atoms with Gasteiger partial charge in [0.1, 0.15) is 5.82 Å². The molecule has 0 heterocycles. The molecule has 4 heteroatoms. The van der Waals surface area contributed by atoms with E-state index in [-0.39, 0.29) is 5.92 Å². The molecular weight excluding hydrogens is 217 g/mol. The van der Waals surface area contributed by atoms with Gasteiger partial charge >= 0.3 is 0 Å². The lowest BCUT2D eigenvalue weighted by atomic mass is 10.1. The number of rotatable bonds is 4. The second-order valence-corrected chi connectivity index (χ2v) is 4.19. The second-order valence-electron chi connectivity index (χ2n) is 4.19. The molecular formula is C13H14FN3. The third-order valence-electron chi connectivity index (χ3n) is 2.35. The molecule has 1 atom stereocenters. The van der Waals surface area contributed by atoms with E-state index in [1.165, 1.54) is 12.1 Å². The summed E-state index contributed by atoms with van der Waals surface area (Å²) in [5.41, 5.74) is 1.07. The summed E-state index contributed by atoms with van der Waals surface area (Å²) >= 11 is 0. The first kappa shape index (κ1) is 13.2. The molecule has 0 saturated heterocycles. The van der Waals surface area contributed by atoms with E-state index in [1.807, 2.05) is 24.9 Å². The minimum absolute atomic E-state index is 0.0657. The van der Waals surface area contributed by atoms with Crippen LogP contribution in [0.5, 0.6) is 0 Å². The van der Waals surface area contributed by atoms with E-state index in [4.69, 9.17) is 10.5 Å². The molecule has 0 amide bonds. The largest absolute Gasteiger partial charge is 0.301 e. The molecule has 0 aliphatic heterocycles. The van der Waals surface area contributed by atoms with Crippen molar-refractivity contribution >= 4 is 0 Å². The van der Waals surface area contributed by atoms with Crippen LogP contribution < -0.4 is 0 Å². The third kappa shape index (κ3) is 4.22. The molecule has 0 fully saturated rings. The average Bonchev–Trinajstić information content (AvgIpc) is 2.27. The Morgan fingerprint density at radius 2 is 2.06 bits per heavy atom. The van der Waals surface area contributed by atoms with Gasteiger partial charge in [-0.3, -0.25) is 0 Å². The van der Waals surface area contributed by atoms with E-state index in [0.717, 1.165) is 5.56 Å². The molecule has 3 nitrogen and oxygen atoms in total. The first-order chi connectivity index (χ1) is 8.05. The molecule has 1 aromatic carbocycles. The van der Waals surface area contributed by atoms with Crippen LogP contribution in [-0.4, -0.2) is 18.5 Å².